The number of thiophene rings is 1. The number of amides is 1. The van der Waals surface area contributed by atoms with Crippen molar-refractivity contribution in [3.63, 3.8) is 0 Å². The van der Waals surface area contributed by atoms with Gasteiger partial charge in [0.25, 0.3) is 10.0 Å². The minimum atomic E-state index is -3.78. The Hall–Kier alpha value is -1.72. The Morgan fingerprint density at radius 2 is 2.10 bits per heavy atom. The number of aryl methyl sites for hydroxylation is 1. The summed E-state index contributed by atoms with van der Waals surface area (Å²) in [5, 5.41) is 3.21. The molecule has 29 heavy (non-hydrogen) atoms. The maximum Gasteiger partial charge on any atom is 0.253 e. The van der Waals surface area contributed by atoms with Gasteiger partial charge >= 0.3 is 0 Å². The average Bonchev–Trinajstić information content (AvgIpc) is 3.41. The Bertz CT molecular complexity index is 1190. The van der Waals surface area contributed by atoms with Crippen molar-refractivity contribution in [1.82, 2.24) is 9.29 Å². The molecule has 2 aromatic heterocycles. The zero-order chi connectivity index (χ0) is 20.8. The van der Waals surface area contributed by atoms with Crippen molar-refractivity contribution in [2.24, 2.45) is 0 Å². The molecule has 1 aliphatic heterocycles. The zero-order valence-electron chi connectivity index (χ0n) is 15.6. The number of carbonyl (C=O) groups excluding carboxylic acids is 1. The van der Waals surface area contributed by atoms with E-state index >= 15 is 0 Å². The second kappa shape index (κ2) is 7.84. The predicted molar refractivity (Wildman–Crippen MR) is 116 cm³/mol. The van der Waals surface area contributed by atoms with E-state index in [0.717, 1.165) is 21.6 Å². The smallest absolute Gasteiger partial charge is 0.253 e. The van der Waals surface area contributed by atoms with Crippen LogP contribution in [0.3, 0.4) is 0 Å². The molecule has 1 saturated heterocycles. The Kier molecular flexibility index (Phi) is 5.56. The van der Waals surface area contributed by atoms with E-state index in [1.807, 2.05) is 19.1 Å². The van der Waals surface area contributed by atoms with E-state index in [9.17, 15) is 13.2 Å². The largest absolute Gasteiger partial charge is 0.494 e. The summed E-state index contributed by atoms with van der Waals surface area (Å²) in [6.07, 6.45) is 1.07. The zero-order valence-corrected chi connectivity index (χ0v) is 18.8. The topological polar surface area (TPSA) is 88.6 Å². The standard InChI is InChI=1S/C18H18ClN3O4S3/c1-10-5-6-12(26-2)15-16(10)28-18(20-15)21-17(23)11-4-3-9-22(11)29(24,25)14-8-7-13(19)27-14/h5-8,11H,3-4,9H2,1-2H3,(H,20,21,23). The molecule has 154 valence electrons. The van der Waals surface area contributed by atoms with Gasteiger partial charge < -0.3 is 10.1 Å². The lowest BCUT2D eigenvalue weighted by atomic mass is 10.2. The first-order valence-corrected chi connectivity index (χ1v) is 12.3. The third-order valence-electron chi connectivity index (χ3n) is 4.77. The van der Waals surface area contributed by atoms with Crippen molar-refractivity contribution in [3.05, 3.63) is 34.2 Å². The predicted octanol–water partition coefficient (Wildman–Crippen LogP) is 4.12. The maximum atomic E-state index is 13.0. The molecule has 0 spiro atoms. The molecule has 0 saturated carbocycles. The molecule has 0 bridgehead atoms. The number of ether oxygens (including phenoxy) is 1. The number of fused-ring (bicyclic) bond motifs is 1. The molecule has 1 aliphatic rings. The fourth-order valence-corrected chi connectivity index (χ4v) is 7.58. The number of rotatable bonds is 5. The molecule has 1 amide bonds. The quantitative estimate of drug-likeness (QED) is 0.604. The van der Waals surface area contributed by atoms with Crippen LogP contribution in [0.5, 0.6) is 5.75 Å². The van der Waals surface area contributed by atoms with Gasteiger partial charge in [-0.15, -0.1) is 11.3 Å². The van der Waals surface area contributed by atoms with Gasteiger partial charge in [0.2, 0.25) is 5.91 Å². The number of nitrogens with zero attached hydrogens (tertiary/aromatic N) is 2. The molecule has 3 heterocycles. The maximum absolute atomic E-state index is 13.0. The van der Waals surface area contributed by atoms with Crippen LogP contribution >= 0.6 is 34.3 Å². The SMILES string of the molecule is COc1ccc(C)c2sc(NC(=O)C3CCCN3S(=O)(=O)c3ccc(Cl)s3)nc12. The van der Waals surface area contributed by atoms with Crippen LogP contribution in [0.15, 0.2) is 28.5 Å². The van der Waals surface area contributed by atoms with E-state index in [2.05, 4.69) is 10.3 Å². The van der Waals surface area contributed by atoms with Crippen molar-refractivity contribution in [1.29, 1.82) is 0 Å². The normalized spacial score (nSPS) is 17.7. The van der Waals surface area contributed by atoms with Crippen LogP contribution in [0.1, 0.15) is 18.4 Å². The summed E-state index contributed by atoms with van der Waals surface area (Å²) < 4.78 is 34.0. The summed E-state index contributed by atoms with van der Waals surface area (Å²) in [7, 11) is -2.21. The lowest BCUT2D eigenvalue weighted by molar-refractivity contribution is -0.119. The highest BCUT2D eigenvalue weighted by atomic mass is 35.5. The van der Waals surface area contributed by atoms with Gasteiger partial charge in [-0.25, -0.2) is 13.4 Å². The lowest BCUT2D eigenvalue weighted by Crippen LogP contribution is -2.42. The van der Waals surface area contributed by atoms with Crippen molar-refractivity contribution in [2.75, 3.05) is 19.0 Å². The summed E-state index contributed by atoms with van der Waals surface area (Å²) >= 11 is 8.23. The van der Waals surface area contributed by atoms with Crippen molar-refractivity contribution >= 4 is 65.6 Å². The van der Waals surface area contributed by atoms with E-state index in [4.69, 9.17) is 16.3 Å². The van der Waals surface area contributed by atoms with Gasteiger partial charge in [-0.3, -0.25) is 4.79 Å². The molecule has 1 aromatic carbocycles. The summed E-state index contributed by atoms with van der Waals surface area (Å²) in [5.41, 5.74) is 1.70. The molecule has 3 aromatic rings. The summed E-state index contributed by atoms with van der Waals surface area (Å²) in [6.45, 7) is 2.26. The van der Waals surface area contributed by atoms with Gasteiger partial charge in [-0.05, 0) is 43.5 Å². The molecule has 1 N–H and O–H groups in total. The van der Waals surface area contributed by atoms with Crippen LogP contribution in [0, 0.1) is 6.92 Å². The molecule has 0 radical (unpaired) electrons. The first kappa shape index (κ1) is 20.5. The minimum absolute atomic E-state index is 0.141. The molecular weight excluding hydrogens is 454 g/mol. The number of benzene rings is 1. The number of anilines is 1. The number of carbonyl (C=O) groups is 1. The highest BCUT2D eigenvalue weighted by Gasteiger charge is 2.40. The van der Waals surface area contributed by atoms with Crippen LogP contribution in [0.2, 0.25) is 4.34 Å². The van der Waals surface area contributed by atoms with E-state index in [1.165, 1.54) is 21.7 Å². The van der Waals surface area contributed by atoms with Gasteiger partial charge in [0.05, 0.1) is 16.1 Å². The molecule has 7 nitrogen and oxygen atoms in total. The van der Waals surface area contributed by atoms with Crippen LogP contribution in [0.25, 0.3) is 10.2 Å². The van der Waals surface area contributed by atoms with Crippen molar-refractivity contribution in [2.45, 2.75) is 30.0 Å². The number of methoxy groups -OCH3 is 1. The molecule has 1 atom stereocenters. The van der Waals surface area contributed by atoms with E-state index in [1.54, 1.807) is 13.2 Å². The molecule has 1 fully saturated rings. The van der Waals surface area contributed by atoms with Crippen LogP contribution < -0.4 is 10.1 Å². The van der Waals surface area contributed by atoms with Crippen LogP contribution in [-0.2, 0) is 14.8 Å². The number of hydrogen-bond donors (Lipinski definition) is 1. The minimum Gasteiger partial charge on any atom is -0.494 e. The molecule has 0 aliphatic carbocycles. The number of nitrogens with one attached hydrogen (secondary N) is 1. The Balaban J connectivity index is 1.59. The molecular formula is C18H18ClN3O4S3. The third kappa shape index (κ3) is 3.75. The van der Waals surface area contributed by atoms with Gasteiger partial charge in [0.1, 0.15) is 21.5 Å². The highest BCUT2D eigenvalue weighted by molar-refractivity contribution is 7.91. The Morgan fingerprint density at radius 3 is 2.79 bits per heavy atom. The fourth-order valence-electron chi connectivity index (χ4n) is 3.36. The molecule has 4 rings (SSSR count). The highest BCUT2D eigenvalue weighted by Crippen LogP contribution is 2.36. The molecule has 1 unspecified atom stereocenters. The van der Waals surface area contributed by atoms with Gasteiger partial charge in [0.15, 0.2) is 5.13 Å². The second-order valence-electron chi connectivity index (χ2n) is 6.60. The third-order valence-corrected chi connectivity index (χ3v) is 9.48. The monoisotopic (exact) mass is 471 g/mol. The lowest BCUT2D eigenvalue weighted by Gasteiger charge is -2.22. The summed E-state index contributed by atoms with van der Waals surface area (Å²) in [5.74, 6) is 0.242. The van der Waals surface area contributed by atoms with Crippen molar-refractivity contribution < 1.29 is 17.9 Å². The van der Waals surface area contributed by atoms with Crippen molar-refractivity contribution in [3.8, 4) is 5.75 Å². The van der Waals surface area contributed by atoms with Gasteiger partial charge in [-0.2, -0.15) is 4.31 Å². The molecule has 11 heteroatoms. The fraction of sp³-hybridized carbons (Fsp3) is 0.333. The number of hydrogen-bond acceptors (Lipinski definition) is 7. The van der Waals surface area contributed by atoms with Gasteiger partial charge in [-0.1, -0.05) is 29.0 Å². The number of thiazole rings is 1. The second-order valence-corrected chi connectivity index (χ2v) is 11.4. The van der Waals surface area contributed by atoms with E-state index < -0.39 is 16.1 Å². The first-order chi connectivity index (χ1) is 13.8. The number of aromatic nitrogens is 1. The van der Waals surface area contributed by atoms with Crippen LogP contribution in [0.4, 0.5) is 5.13 Å². The number of halogens is 1. The Labute approximate surface area is 181 Å². The van der Waals surface area contributed by atoms with Gasteiger partial charge in [0, 0.05) is 6.54 Å². The first-order valence-electron chi connectivity index (χ1n) is 8.83. The van der Waals surface area contributed by atoms with E-state index in [-0.39, 0.29) is 10.1 Å². The average molecular weight is 472 g/mol. The Morgan fingerprint density at radius 1 is 1.31 bits per heavy atom. The summed E-state index contributed by atoms with van der Waals surface area (Å²) in [4.78, 5) is 17.4. The summed E-state index contributed by atoms with van der Waals surface area (Å²) in [6, 6.07) is 6.00. The van der Waals surface area contributed by atoms with Crippen LogP contribution in [-0.4, -0.2) is 43.3 Å². The number of sulfonamides is 1. The van der Waals surface area contributed by atoms with E-state index in [0.29, 0.717) is 40.1 Å².